The lowest BCUT2D eigenvalue weighted by molar-refractivity contribution is 0.0752. The van der Waals surface area contributed by atoms with Gasteiger partial charge in [-0.25, -0.2) is 4.39 Å². The first-order valence-electron chi connectivity index (χ1n) is 5.26. The molecule has 3 heteroatoms. The van der Waals surface area contributed by atoms with Crippen molar-refractivity contribution < 1.29 is 14.2 Å². The van der Waals surface area contributed by atoms with Gasteiger partial charge in [0.15, 0.2) is 0 Å². The third-order valence-electron chi connectivity index (χ3n) is 2.55. The number of alkyl halides is 1. The lowest BCUT2D eigenvalue weighted by Crippen LogP contribution is -2.19. The topological polar surface area (TPSA) is 29.5 Å². The lowest BCUT2D eigenvalue weighted by atomic mass is 9.91. The van der Waals surface area contributed by atoms with Gasteiger partial charge in [-0.2, -0.15) is 0 Å². The molecule has 0 bridgehead atoms. The average molecular weight is 226 g/mol. The Bertz CT molecular complexity index is 372. The van der Waals surface area contributed by atoms with Crippen LogP contribution in [0.1, 0.15) is 38.8 Å². The Hall–Kier alpha value is -1.09. The molecule has 0 aliphatic rings. The number of hydrogen-bond acceptors (Lipinski definition) is 2. The summed E-state index contributed by atoms with van der Waals surface area (Å²) in [5.74, 6) is 0.570. The van der Waals surface area contributed by atoms with Crippen LogP contribution in [0, 0.1) is 0 Å². The minimum absolute atomic E-state index is 0.533. The van der Waals surface area contributed by atoms with Gasteiger partial charge in [0.2, 0.25) is 0 Å². The zero-order valence-corrected chi connectivity index (χ0v) is 10.5. The second-order valence-corrected chi connectivity index (χ2v) is 4.95. The molecule has 1 aromatic carbocycles. The first-order chi connectivity index (χ1) is 7.16. The second kappa shape index (κ2) is 4.06. The molecule has 0 unspecified atom stereocenters. The van der Waals surface area contributed by atoms with Gasteiger partial charge >= 0.3 is 0 Å². The summed E-state index contributed by atoms with van der Waals surface area (Å²) < 4.78 is 19.0. The highest BCUT2D eigenvalue weighted by Crippen LogP contribution is 2.34. The molecular weight excluding hydrogens is 207 g/mol. The number of ether oxygens (including phenoxy) is 1. The first kappa shape index (κ1) is 13.0. The first-order valence-corrected chi connectivity index (χ1v) is 5.26. The van der Waals surface area contributed by atoms with Gasteiger partial charge < -0.3 is 9.84 Å². The van der Waals surface area contributed by atoms with Crippen LogP contribution in [0.4, 0.5) is 4.39 Å². The third-order valence-corrected chi connectivity index (χ3v) is 2.55. The van der Waals surface area contributed by atoms with E-state index in [1.807, 2.05) is 0 Å². The molecule has 0 heterocycles. The fourth-order valence-electron chi connectivity index (χ4n) is 1.56. The molecule has 16 heavy (non-hydrogen) atoms. The van der Waals surface area contributed by atoms with Gasteiger partial charge in [-0.3, -0.25) is 0 Å². The zero-order valence-electron chi connectivity index (χ0n) is 10.5. The molecule has 90 valence electrons. The van der Waals surface area contributed by atoms with Crippen LogP contribution in [-0.4, -0.2) is 12.2 Å². The van der Waals surface area contributed by atoms with E-state index in [9.17, 15) is 9.50 Å². The Morgan fingerprint density at radius 1 is 1.19 bits per heavy atom. The molecule has 0 saturated heterocycles. The van der Waals surface area contributed by atoms with Gasteiger partial charge in [-0.15, -0.1) is 0 Å². The number of rotatable bonds is 3. The third kappa shape index (κ3) is 2.73. The quantitative estimate of drug-likeness (QED) is 0.858. The molecule has 0 atom stereocenters. The Kier molecular flexibility index (Phi) is 3.29. The van der Waals surface area contributed by atoms with Gasteiger partial charge in [0.1, 0.15) is 11.4 Å². The molecular formula is C13H19FO2. The summed E-state index contributed by atoms with van der Waals surface area (Å²) in [4.78, 5) is 0. The highest BCUT2D eigenvalue weighted by atomic mass is 19.1. The lowest BCUT2D eigenvalue weighted by Gasteiger charge is -2.24. The van der Waals surface area contributed by atoms with E-state index in [2.05, 4.69) is 0 Å². The van der Waals surface area contributed by atoms with E-state index in [1.54, 1.807) is 32.0 Å². The van der Waals surface area contributed by atoms with Crippen molar-refractivity contribution in [1.82, 2.24) is 0 Å². The number of methoxy groups -OCH3 is 1. The van der Waals surface area contributed by atoms with Crippen LogP contribution in [0.2, 0.25) is 0 Å². The number of halogens is 1. The summed E-state index contributed by atoms with van der Waals surface area (Å²) >= 11 is 0. The van der Waals surface area contributed by atoms with E-state index < -0.39 is 11.3 Å². The largest absolute Gasteiger partial charge is 0.496 e. The fourth-order valence-corrected chi connectivity index (χ4v) is 1.56. The highest BCUT2D eigenvalue weighted by molar-refractivity contribution is 5.42. The van der Waals surface area contributed by atoms with E-state index in [1.165, 1.54) is 21.0 Å². The molecule has 2 nitrogen and oxygen atoms in total. The monoisotopic (exact) mass is 226 g/mol. The highest BCUT2D eigenvalue weighted by Gasteiger charge is 2.25. The Morgan fingerprint density at radius 2 is 1.75 bits per heavy atom. The molecule has 0 saturated carbocycles. The van der Waals surface area contributed by atoms with Crippen molar-refractivity contribution in [3.63, 3.8) is 0 Å². The van der Waals surface area contributed by atoms with Crippen molar-refractivity contribution in [3.05, 3.63) is 29.3 Å². The van der Waals surface area contributed by atoms with Crippen molar-refractivity contribution in [3.8, 4) is 5.75 Å². The van der Waals surface area contributed by atoms with Crippen molar-refractivity contribution >= 4 is 0 Å². The second-order valence-electron chi connectivity index (χ2n) is 4.95. The molecule has 0 spiro atoms. The minimum atomic E-state index is -1.42. The van der Waals surface area contributed by atoms with E-state index in [0.29, 0.717) is 16.9 Å². The molecule has 0 aliphatic carbocycles. The van der Waals surface area contributed by atoms with E-state index >= 15 is 0 Å². The van der Waals surface area contributed by atoms with Crippen LogP contribution in [0.25, 0.3) is 0 Å². The van der Waals surface area contributed by atoms with Gasteiger partial charge in [-0.1, -0.05) is 6.07 Å². The number of hydrogen-bond donors (Lipinski definition) is 1. The van der Waals surface area contributed by atoms with Crippen molar-refractivity contribution in [1.29, 1.82) is 0 Å². The van der Waals surface area contributed by atoms with Crippen LogP contribution in [-0.2, 0) is 11.3 Å². The maximum atomic E-state index is 13.8. The molecule has 0 aromatic heterocycles. The fraction of sp³-hybridized carbons (Fsp3) is 0.538. The Labute approximate surface area is 96.1 Å². The van der Waals surface area contributed by atoms with E-state index in [-0.39, 0.29) is 0 Å². The summed E-state index contributed by atoms with van der Waals surface area (Å²) in [5.41, 5.74) is -1.34. The normalized spacial score (nSPS) is 12.7. The van der Waals surface area contributed by atoms with E-state index in [0.717, 1.165) is 0 Å². The van der Waals surface area contributed by atoms with Gasteiger partial charge in [0, 0.05) is 5.56 Å². The number of aliphatic hydroxyl groups is 1. The van der Waals surface area contributed by atoms with Crippen LogP contribution < -0.4 is 4.74 Å². The minimum Gasteiger partial charge on any atom is -0.496 e. The molecule has 1 N–H and O–H groups in total. The van der Waals surface area contributed by atoms with E-state index in [4.69, 9.17) is 4.74 Å². The molecule has 1 aromatic rings. The Morgan fingerprint density at radius 3 is 2.12 bits per heavy atom. The van der Waals surface area contributed by atoms with Crippen LogP contribution in [0.5, 0.6) is 5.75 Å². The van der Waals surface area contributed by atoms with Crippen LogP contribution >= 0.6 is 0 Å². The Balaban J connectivity index is 3.34. The molecule has 0 amide bonds. The summed E-state index contributed by atoms with van der Waals surface area (Å²) in [7, 11) is 1.53. The number of benzene rings is 1. The molecule has 0 aliphatic heterocycles. The van der Waals surface area contributed by atoms with Crippen LogP contribution in [0.15, 0.2) is 18.2 Å². The predicted octanol–water partition coefficient (Wildman–Crippen LogP) is 3.13. The summed E-state index contributed by atoms with van der Waals surface area (Å²) in [6.07, 6.45) is 0. The van der Waals surface area contributed by atoms with Gasteiger partial charge in [0.05, 0.1) is 12.7 Å². The van der Waals surface area contributed by atoms with Crippen molar-refractivity contribution in [2.24, 2.45) is 0 Å². The standard InChI is InChI=1S/C13H19FO2/c1-12(2,14)9-6-7-11(16-5)10(8-9)13(3,4)15/h6-8,15H,1-5H3. The van der Waals surface area contributed by atoms with Gasteiger partial charge in [0.25, 0.3) is 0 Å². The molecule has 1 rings (SSSR count). The van der Waals surface area contributed by atoms with Crippen molar-refractivity contribution in [2.45, 2.75) is 39.0 Å². The van der Waals surface area contributed by atoms with Gasteiger partial charge in [-0.05, 0) is 45.4 Å². The van der Waals surface area contributed by atoms with Crippen LogP contribution in [0.3, 0.4) is 0 Å². The van der Waals surface area contributed by atoms with Crippen molar-refractivity contribution in [2.75, 3.05) is 7.11 Å². The summed E-state index contributed by atoms with van der Waals surface area (Å²) in [6, 6.07) is 5.01. The molecule has 0 radical (unpaired) electrons. The predicted molar refractivity (Wildman–Crippen MR) is 62.4 cm³/mol. The smallest absolute Gasteiger partial charge is 0.130 e. The SMILES string of the molecule is COc1ccc(C(C)(C)F)cc1C(C)(C)O. The summed E-state index contributed by atoms with van der Waals surface area (Å²) in [6.45, 7) is 6.28. The average Bonchev–Trinajstić information content (AvgIpc) is 2.14. The maximum Gasteiger partial charge on any atom is 0.130 e. The maximum absolute atomic E-state index is 13.8. The summed E-state index contributed by atoms with van der Waals surface area (Å²) in [5, 5.41) is 9.99. The molecule has 0 fully saturated rings. The zero-order chi connectivity index (χ0) is 12.6.